The molecule has 2 aromatic heterocycles. The van der Waals surface area contributed by atoms with Gasteiger partial charge in [-0.15, -0.1) is 0 Å². The van der Waals surface area contributed by atoms with Gasteiger partial charge >= 0.3 is 5.97 Å². The third-order valence-electron chi connectivity index (χ3n) is 2.16. The summed E-state index contributed by atoms with van der Waals surface area (Å²) in [5.41, 5.74) is 1.82. The summed E-state index contributed by atoms with van der Waals surface area (Å²) in [6.07, 6.45) is 2.24. The molecule has 0 saturated carbocycles. The van der Waals surface area contributed by atoms with E-state index in [1.807, 2.05) is 19.1 Å². The Morgan fingerprint density at radius 2 is 2.40 bits per heavy atom. The average molecular weight is 205 g/mol. The molecule has 78 valence electrons. The number of carbonyl (C=O) groups is 1. The maximum Gasteiger partial charge on any atom is 0.303 e. The first-order chi connectivity index (χ1) is 7.16. The fourth-order valence-corrected chi connectivity index (χ4v) is 1.41. The highest BCUT2D eigenvalue weighted by Gasteiger charge is 2.06. The second kappa shape index (κ2) is 3.68. The van der Waals surface area contributed by atoms with Crippen molar-refractivity contribution in [3.63, 3.8) is 0 Å². The van der Waals surface area contributed by atoms with Gasteiger partial charge in [0.15, 0.2) is 11.5 Å². The number of aryl methyl sites for hydroxylation is 2. The maximum absolute atomic E-state index is 10.4. The minimum atomic E-state index is -0.828. The molecule has 2 heterocycles. The van der Waals surface area contributed by atoms with Crippen molar-refractivity contribution in [3.05, 3.63) is 29.7 Å². The molecule has 0 aromatic carbocycles. The van der Waals surface area contributed by atoms with Crippen molar-refractivity contribution in [3.8, 4) is 0 Å². The molecule has 2 rings (SSSR count). The first-order valence-corrected chi connectivity index (χ1v) is 4.69. The first kappa shape index (κ1) is 9.64. The molecule has 0 fully saturated rings. The van der Waals surface area contributed by atoms with E-state index >= 15 is 0 Å². The van der Waals surface area contributed by atoms with E-state index in [0.717, 1.165) is 11.2 Å². The van der Waals surface area contributed by atoms with Crippen LogP contribution in [0.4, 0.5) is 0 Å². The Balaban J connectivity index is 2.31. The number of rotatable bonds is 3. The molecule has 0 aliphatic carbocycles. The molecule has 0 aliphatic heterocycles. The molecule has 15 heavy (non-hydrogen) atoms. The van der Waals surface area contributed by atoms with E-state index in [-0.39, 0.29) is 6.42 Å². The van der Waals surface area contributed by atoms with Crippen molar-refractivity contribution in [1.82, 2.24) is 14.6 Å². The molecule has 0 atom stereocenters. The molecule has 0 radical (unpaired) electrons. The van der Waals surface area contributed by atoms with Gasteiger partial charge in [0.2, 0.25) is 0 Å². The summed E-state index contributed by atoms with van der Waals surface area (Å²) in [5.74, 6) is -0.253. The Morgan fingerprint density at radius 1 is 1.60 bits per heavy atom. The highest BCUT2D eigenvalue weighted by atomic mass is 16.4. The molecule has 0 aliphatic rings. The summed E-state index contributed by atoms with van der Waals surface area (Å²) < 4.78 is 1.67. The number of carboxylic acids is 1. The molecule has 0 unspecified atom stereocenters. The second-order valence-corrected chi connectivity index (χ2v) is 3.38. The normalized spacial score (nSPS) is 10.7. The van der Waals surface area contributed by atoms with Gasteiger partial charge in [-0.05, 0) is 18.6 Å². The first-order valence-electron chi connectivity index (χ1n) is 4.69. The van der Waals surface area contributed by atoms with Crippen molar-refractivity contribution in [1.29, 1.82) is 0 Å². The Morgan fingerprint density at radius 3 is 3.07 bits per heavy atom. The van der Waals surface area contributed by atoms with Crippen LogP contribution in [0.1, 0.15) is 17.8 Å². The van der Waals surface area contributed by atoms with Crippen molar-refractivity contribution in [2.24, 2.45) is 0 Å². The van der Waals surface area contributed by atoms with E-state index in [0.29, 0.717) is 12.2 Å². The number of hydrogen-bond acceptors (Lipinski definition) is 3. The summed E-state index contributed by atoms with van der Waals surface area (Å²) in [6.45, 7) is 1.95. The third-order valence-corrected chi connectivity index (χ3v) is 2.16. The van der Waals surface area contributed by atoms with E-state index in [9.17, 15) is 4.79 Å². The van der Waals surface area contributed by atoms with Crippen LogP contribution in [-0.4, -0.2) is 25.7 Å². The number of nitrogens with zero attached hydrogens (tertiary/aromatic N) is 3. The predicted octanol–water partition coefficient (Wildman–Crippen LogP) is 1.05. The number of aromatic nitrogens is 3. The molecule has 5 nitrogen and oxygen atoms in total. The zero-order chi connectivity index (χ0) is 10.8. The fourth-order valence-electron chi connectivity index (χ4n) is 1.41. The highest BCUT2D eigenvalue weighted by molar-refractivity contribution is 5.66. The van der Waals surface area contributed by atoms with Crippen molar-refractivity contribution < 1.29 is 9.90 Å². The number of fused-ring (bicyclic) bond motifs is 1. The van der Waals surface area contributed by atoms with E-state index in [1.165, 1.54) is 0 Å². The molecule has 0 bridgehead atoms. The van der Waals surface area contributed by atoms with Crippen LogP contribution in [0.3, 0.4) is 0 Å². The molecule has 0 spiro atoms. The molecule has 1 N–H and O–H groups in total. The van der Waals surface area contributed by atoms with Crippen molar-refractivity contribution in [2.75, 3.05) is 0 Å². The summed E-state index contributed by atoms with van der Waals surface area (Å²) in [7, 11) is 0. The van der Waals surface area contributed by atoms with Gasteiger partial charge in [-0.3, -0.25) is 4.79 Å². The van der Waals surface area contributed by atoms with Gasteiger partial charge in [-0.1, -0.05) is 6.07 Å². The Hall–Kier alpha value is -1.91. The molecule has 0 saturated heterocycles. The minimum absolute atomic E-state index is 0.0654. The largest absolute Gasteiger partial charge is 0.481 e. The Kier molecular flexibility index (Phi) is 2.37. The van der Waals surface area contributed by atoms with E-state index in [2.05, 4.69) is 10.1 Å². The van der Waals surface area contributed by atoms with E-state index in [1.54, 1.807) is 10.7 Å². The topological polar surface area (TPSA) is 67.5 Å². The van der Waals surface area contributed by atoms with Crippen molar-refractivity contribution in [2.45, 2.75) is 19.8 Å². The van der Waals surface area contributed by atoms with Crippen molar-refractivity contribution >= 4 is 11.6 Å². The quantitative estimate of drug-likeness (QED) is 0.813. The zero-order valence-corrected chi connectivity index (χ0v) is 8.34. The monoisotopic (exact) mass is 205 g/mol. The predicted molar refractivity (Wildman–Crippen MR) is 53.7 cm³/mol. The lowest BCUT2D eigenvalue weighted by Crippen LogP contribution is -1.99. The van der Waals surface area contributed by atoms with Gasteiger partial charge in [-0.25, -0.2) is 9.50 Å². The van der Waals surface area contributed by atoms with Gasteiger partial charge in [0.1, 0.15) is 0 Å². The smallest absolute Gasteiger partial charge is 0.303 e. The van der Waals surface area contributed by atoms with Crippen LogP contribution in [0.5, 0.6) is 0 Å². The van der Waals surface area contributed by atoms with Gasteiger partial charge in [0, 0.05) is 12.6 Å². The van der Waals surface area contributed by atoms with Crippen LogP contribution in [0.25, 0.3) is 5.65 Å². The van der Waals surface area contributed by atoms with Gasteiger partial charge < -0.3 is 5.11 Å². The average Bonchev–Trinajstić information content (AvgIpc) is 2.59. The second-order valence-electron chi connectivity index (χ2n) is 3.38. The lowest BCUT2D eigenvalue weighted by atomic mass is 10.3. The summed E-state index contributed by atoms with van der Waals surface area (Å²) in [5, 5.41) is 12.7. The maximum atomic E-state index is 10.4. The lowest BCUT2D eigenvalue weighted by Gasteiger charge is -1.92. The summed E-state index contributed by atoms with van der Waals surface area (Å²) in [6, 6.07) is 3.84. The van der Waals surface area contributed by atoms with Crippen LogP contribution in [0.15, 0.2) is 18.3 Å². The fraction of sp³-hybridized carbons (Fsp3) is 0.300. The highest BCUT2D eigenvalue weighted by Crippen LogP contribution is 2.07. The Bertz CT molecular complexity index is 504. The van der Waals surface area contributed by atoms with Crippen LogP contribution >= 0.6 is 0 Å². The minimum Gasteiger partial charge on any atom is -0.481 e. The molecular weight excluding hydrogens is 194 g/mol. The van der Waals surface area contributed by atoms with E-state index < -0.39 is 5.97 Å². The SMILES string of the molecule is Cc1cccn2nc(CCC(=O)O)nc12. The van der Waals surface area contributed by atoms with Crippen LogP contribution in [0.2, 0.25) is 0 Å². The summed E-state index contributed by atoms with van der Waals surface area (Å²) >= 11 is 0. The lowest BCUT2D eigenvalue weighted by molar-refractivity contribution is -0.137. The van der Waals surface area contributed by atoms with Gasteiger partial charge in [-0.2, -0.15) is 5.10 Å². The number of hydrogen-bond donors (Lipinski definition) is 1. The number of aliphatic carboxylic acids is 1. The van der Waals surface area contributed by atoms with Gasteiger partial charge in [0.05, 0.1) is 6.42 Å². The number of pyridine rings is 1. The zero-order valence-electron chi connectivity index (χ0n) is 8.34. The van der Waals surface area contributed by atoms with Crippen LogP contribution < -0.4 is 0 Å². The molecule has 5 heteroatoms. The molecule has 2 aromatic rings. The molecule has 0 amide bonds. The van der Waals surface area contributed by atoms with Gasteiger partial charge in [0.25, 0.3) is 0 Å². The standard InChI is InChI=1S/C10H11N3O2/c1-7-3-2-6-13-10(7)11-8(12-13)4-5-9(14)15/h2-3,6H,4-5H2,1H3,(H,14,15). The number of carboxylic acid groups (broad SMARTS) is 1. The third kappa shape index (κ3) is 1.96. The molecular formula is C10H11N3O2. The van der Waals surface area contributed by atoms with Crippen LogP contribution in [-0.2, 0) is 11.2 Å². The van der Waals surface area contributed by atoms with Crippen LogP contribution in [0, 0.1) is 6.92 Å². The van der Waals surface area contributed by atoms with E-state index in [4.69, 9.17) is 5.11 Å². The Labute approximate surface area is 86.4 Å². The summed E-state index contributed by atoms with van der Waals surface area (Å²) in [4.78, 5) is 14.7.